The summed E-state index contributed by atoms with van der Waals surface area (Å²) in [4.78, 5) is 30.0. The van der Waals surface area contributed by atoms with E-state index in [1.54, 1.807) is 17.2 Å². The monoisotopic (exact) mass is 391 g/mol. The Bertz CT molecular complexity index is 1080. The second-order valence-electron chi connectivity index (χ2n) is 6.45. The first-order valence-corrected chi connectivity index (χ1v) is 9.81. The molecule has 28 heavy (non-hydrogen) atoms. The molecule has 0 spiro atoms. The molecule has 0 aliphatic carbocycles. The third-order valence-corrected chi connectivity index (χ3v) is 5.77. The summed E-state index contributed by atoms with van der Waals surface area (Å²) in [5.74, 6) is 1.57. The summed E-state index contributed by atoms with van der Waals surface area (Å²) in [5.41, 5.74) is 0.877. The van der Waals surface area contributed by atoms with E-state index in [1.807, 2.05) is 47.5 Å². The molecule has 1 amide bonds. The molecule has 0 N–H and O–H groups in total. The lowest BCUT2D eigenvalue weighted by Gasteiger charge is -2.35. The zero-order chi connectivity index (χ0) is 18.9. The van der Waals surface area contributed by atoms with Crippen LogP contribution in [0, 0.1) is 0 Å². The van der Waals surface area contributed by atoms with E-state index in [0.717, 1.165) is 21.9 Å². The first-order chi connectivity index (χ1) is 13.8. The number of amides is 1. The number of para-hydroxylation sites is 1. The Balaban J connectivity index is 1.28. The van der Waals surface area contributed by atoms with Crippen LogP contribution in [0.3, 0.4) is 0 Å². The van der Waals surface area contributed by atoms with Gasteiger partial charge < -0.3 is 9.80 Å². The number of thiazole rings is 1. The molecular weight excluding hydrogens is 374 g/mol. The van der Waals surface area contributed by atoms with E-state index in [2.05, 4.69) is 25.0 Å². The van der Waals surface area contributed by atoms with E-state index in [0.29, 0.717) is 31.2 Å². The number of carbonyl (C=O) groups is 1. The highest BCUT2D eigenvalue weighted by Gasteiger charge is 2.25. The number of aromatic nitrogens is 5. The first kappa shape index (κ1) is 16.8. The van der Waals surface area contributed by atoms with Gasteiger partial charge in [0.15, 0.2) is 10.8 Å². The molecule has 8 nitrogen and oxygen atoms in total. The molecule has 140 valence electrons. The van der Waals surface area contributed by atoms with Gasteiger partial charge in [-0.1, -0.05) is 12.1 Å². The fourth-order valence-electron chi connectivity index (χ4n) is 3.28. The number of hydrogen-bond donors (Lipinski definition) is 0. The van der Waals surface area contributed by atoms with Gasteiger partial charge in [0.1, 0.15) is 12.1 Å². The van der Waals surface area contributed by atoms with Gasteiger partial charge in [0, 0.05) is 44.6 Å². The second-order valence-corrected chi connectivity index (χ2v) is 7.48. The minimum absolute atomic E-state index is 0.000711. The van der Waals surface area contributed by atoms with Crippen LogP contribution in [0.25, 0.3) is 16.0 Å². The lowest BCUT2D eigenvalue weighted by Crippen LogP contribution is -2.49. The number of piperazine rings is 1. The predicted octanol–water partition coefficient (Wildman–Crippen LogP) is 2.23. The van der Waals surface area contributed by atoms with Crippen molar-refractivity contribution in [3.05, 3.63) is 60.1 Å². The average Bonchev–Trinajstić information content (AvgIpc) is 3.43. The standard InChI is InChI=1S/C19H17N7OS/c27-19(18-23-14-4-1-2-5-15(14)28-18)25-10-8-24(9-11-25)16-12-17(21-13-20-16)26-7-3-6-22-26/h1-7,12-13H,8-11H2. The van der Waals surface area contributed by atoms with Crippen LogP contribution in [0.4, 0.5) is 5.82 Å². The quantitative estimate of drug-likeness (QED) is 0.533. The topological polar surface area (TPSA) is 80.0 Å². The molecule has 4 heterocycles. The van der Waals surface area contributed by atoms with Crippen LogP contribution >= 0.6 is 11.3 Å². The lowest BCUT2D eigenvalue weighted by atomic mass is 10.3. The Morgan fingerprint density at radius 1 is 1.00 bits per heavy atom. The highest BCUT2D eigenvalue weighted by atomic mass is 32.1. The van der Waals surface area contributed by atoms with Gasteiger partial charge in [0.25, 0.3) is 5.91 Å². The molecule has 0 atom stereocenters. The minimum Gasteiger partial charge on any atom is -0.353 e. The molecule has 0 saturated carbocycles. The van der Waals surface area contributed by atoms with E-state index in [1.165, 1.54) is 11.3 Å². The molecule has 1 aliphatic rings. The molecule has 1 aliphatic heterocycles. The van der Waals surface area contributed by atoms with Crippen LogP contribution < -0.4 is 4.90 Å². The maximum Gasteiger partial charge on any atom is 0.282 e. The van der Waals surface area contributed by atoms with Gasteiger partial charge in [-0.05, 0) is 18.2 Å². The van der Waals surface area contributed by atoms with Crippen molar-refractivity contribution in [2.75, 3.05) is 31.1 Å². The van der Waals surface area contributed by atoms with Crippen molar-refractivity contribution in [3.8, 4) is 5.82 Å². The Kier molecular flexibility index (Phi) is 4.21. The van der Waals surface area contributed by atoms with Gasteiger partial charge in [0.2, 0.25) is 0 Å². The van der Waals surface area contributed by atoms with Gasteiger partial charge >= 0.3 is 0 Å². The average molecular weight is 391 g/mol. The molecule has 0 unspecified atom stereocenters. The Hall–Kier alpha value is -3.33. The van der Waals surface area contributed by atoms with Crippen molar-refractivity contribution in [3.63, 3.8) is 0 Å². The summed E-state index contributed by atoms with van der Waals surface area (Å²) in [6.45, 7) is 2.70. The summed E-state index contributed by atoms with van der Waals surface area (Å²) in [6.07, 6.45) is 5.11. The summed E-state index contributed by atoms with van der Waals surface area (Å²) >= 11 is 1.45. The number of rotatable bonds is 3. The number of hydrogen-bond acceptors (Lipinski definition) is 7. The van der Waals surface area contributed by atoms with Crippen molar-refractivity contribution in [2.24, 2.45) is 0 Å². The van der Waals surface area contributed by atoms with Crippen LogP contribution in [0.1, 0.15) is 9.80 Å². The van der Waals surface area contributed by atoms with E-state index >= 15 is 0 Å². The normalized spacial score (nSPS) is 14.6. The lowest BCUT2D eigenvalue weighted by molar-refractivity contribution is 0.0746. The van der Waals surface area contributed by atoms with Gasteiger partial charge in [-0.25, -0.2) is 19.6 Å². The smallest absolute Gasteiger partial charge is 0.282 e. The predicted molar refractivity (Wildman–Crippen MR) is 107 cm³/mol. The third kappa shape index (κ3) is 3.09. The van der Waals surface area contributed by atoms with E-state index in [9.17, 15) is 4.79 Å². The molecule has 0 bridgehead atoms. The van der Waals surface area contributed by atoms with Crippen molar-refractivity contribution in [2.45, 2.75) is 0 Å². The van der Waals surface area contributed by atoms with Gasteiger partial charge in [0.05, 0.1) is 10.2 Å². The number of fused-ring (bicyclic) bond motifs is 1. The molecule has 1 aromatic carbocycles. The molecule has 1 fully saturated rings. The zero-order valence-electron chi connectivity index (χ0n) is 15.0. The number of anilines is 1. The Morgan fingerprint density at radius 2 is 1.82 bits per heavy atom. The Morgan fingerprint density at radius 3 is 2.61 bits per heavy atom. The minimum atomic E-state index is 0.000711. The fraction of sp³-hybridized carbons (Fsp3) is 0.211. The maximum absolute atomic E-state index is 12.8. The van der Waals surface area contributed by atoms with E-state index in [-0.39, 0.29) is 5.91 Å². The summed E-state index contributed by atoms with van der Waals surface area (Å²) in [5, 5.41) is 4.76. The van der Waals surface area contributed by atoms with Crippen LogP contribution in [0.2, 0.25) is 0 Å². The van der Waals surface area contributed by atoms with Crippen LogP contribution in [-0.4, -0.2) is 61.7 Å². The van der Waals surface area contributed by atoms with Gasteiger partial charge in [-0.3, -0.25) is 4.79 Å². The fourth-order valence-corrected chi connectivity index (χ4v) is 4.21. The molecule has 5 rings (SSSR count). The largest absolute Gasteiger partial charge is 0.353 e. The molecular formula is C19H17N7OS. The van der Waals surface area contributed by atoms with Crippen molar-refractivity contribution in [1.29, 1.82) is 0 Å². The summed E-state index contributed by atoms with van der Waals surface area (Å²) < 4.78 is 2.74. The van der Waals surface area contributed by atoms with Crippen molar-refractivity contribution < 1.29 is 4.79 Å². The Labute approximate surface area is 165 Å². The van der Waals surface area contributed by atoms with Crippen molar-refractivity contribution in [1.82, 2.24) is 29.6 Å². The van der Waals surface area contributed by atoms with Crippen LogP contribution in [-0.2, 0) is 0 Å². The summed E-state index contributed by atoms with van der Waals surface area (Å²) in [6, 6.07) is 11.6. The van der Waals surface area contributed by atoms with Crippen molar-refractivity contribution >= 4 is 33.3 Å². The first-order valence-electron chi connectivity index (χ1n) is 9.00. The number of nitrogens with zero attached hydrogens (tertiary/aromatic N) is 7. The molecule has 0 radical (unpaired) electrons. The van der Waals surface area contributed by atoms with E-state index < -0.39 is 0 Å². The third-order valence-electron chi connectivity index (χ3n) is 4.75. The van der Waals surface area contributed by atoms with Gasteiger partial charge in [-0.15, -0.1) is 11.3 Å². The highest BCUT2D eigenvalue weighted by Crippen LogP contribution is 2.23. The number of carbonyl (C=O) groups excluding carboxylic acids is 1. The number of benzene rings is 1. The summed E-state index contributed by atoms with van der Waals surface area (Å²) in [7, 11) is 0. The molecule has 4 aromatic rings. The molecule has 3 aromatic heterocycles. The highest BCUT2D eigenvalue weighted by molar-refractivity contribution is 7.20. The van der Waals surface area contributed by atoms with Crippen LogP contribution in [0.15, 0.2) is 55.1 Å². The second kappa shape index (κ2) is 7.01. The van der Waals surface area contributed by atoms with Gasteiger partial charge in [-0.2, -0.15) is 5.10 Å². The maximum atomic E-state index is 12.8. The SMILES string of the molecule is O=C(c1nc2ccccc2s1)N1CCN(c2cc(-n3cccn3)ncn2)CC1. The molecule has 1 saturated heterocycles. The molecule has 9 heteroatoms. The van der Waals surface area contributed by atoms with E-state index in [4.69, 9.17) is 0 Å². The van der Waals surface area contributed by atoms with Crippen LogP contribution in [0.5, 0.6) is 0 Å². The zero-order valence-corrected chi connectivity index (χ0v) is 15.8.